The largest absolute Gasteiger partial charge is 0.353 e. The molecule has 1 aromatic rings. The van der Waals surface area contributed by atoms with Crippen molar-refractivity contribution in [2.45, 2.75) is 110 Å². The maximum absolute atomic E-state index is 5.94. The first-order valence-electron chi connectivity index (χ1n) is 10.5. The van der Waals surface area contributed by atoms with E-state index in [4.69, 9.17) is 10.5 Å². The maximum atomic E-state index is 5.94. The highest BCUT2D eigenvalue weighted by atomic mass is 16.5. The summed E-state index contributed by atoms with van der Waals surface area (Å²) >= 11 is 0. The van der Waals surface area contributed by atoms with Gasteiger partial charge < -0.3 is 10.5 Å². The number of ether oxygens (including phenoxy) is 1. The first kappa shape index (κ1) is 22.2. The number of unbranched alkanes of at least 4 members (excludes halogenated alkanes) is 9. The molecule has 0 saturated carbocycles. The molecule has 0 amide bonds. The van der Waals surface area contributed by atoms with Crippen LogP contribution in [0.15, 0.2) is 24.3 Å². The molecule has 0 radical (unpaired) electrons. The van der Waals surface area contributed by atoms with Crippen molar-refractivity contribution in [2.75, 3.05) is 0 Å². The van der Waals surface area contributed by atoms with Gasteiger partial charge in [0.15, 0.2) is 0 Å². The van der Waals surface area contributed by atoms with Gasteiger partial charge in [-0.05, 0) is 44.7 Å². The zero-order valence-corrected chi connectivity index (χ0v) is 17.2. The van der Waals surface area contributed by atoms with E-state index in [-0.39, 0.29) is 11.8 Å². The molecule has 0 saturated heterocycles. The molecule has 0 aliphatic rings. The third-order valence-corrected chi connectivity index (χ3v) is 4.95. The predicted octanol–water partition coefficient (Wildman–Crippen LogP) is 6.71. The molecule has 0 bridgehead atoms. The van der Waals surface area contributed by atoms with E-state index in [0.29, 0.717) is 0 Å². The molecular weight excluding hydrogens is 306 g/mol. The second-order valence-electron chi connectivity index (χ2n) is 7.92. The molecule has 0 fully saturated rings. The highest BCUT2D eigenvalue weighted by Gasteiger charge is 2.25. The summed E-state index contributed by atoms with van der Waals surface area (Å²) in [6.07, 6.45) is 14.7. The first-order chi connectivity index (χ1) is 12.0. The molecule has 2 N–H and O–H groups in total. The van der Waals surface area contributed by atoms with E-state index in [1.165, 1.54) is 75.3 Å². The Morgan fingerprint density at radius 1 is 0.880 bits per heavy atom. The van der Waals surface area contributed by atoms with Gasteiger partial charge in [0.2, 0.25) is 0 Å². The van der Waals surface area contributed by atoms with Crippen LogP contribution in [-0.4, -0.2) is 6.23 Å². The van der Waals surface area contributed by atoms with Gasteiger partial charge in [0.25, 0.3) is 0 Å². The molecule has 0 heterocycles. The summed E-state index contributed by atoms with van der Waals surface area (Å²) in [5, 5.41) is 0. The Morgan fingerprint density at radius 3 is 1.96 bits per heavy atom. The summed E-state index contributed by atoms with van der Waals surface area (Å²) in [4.78, 5) is 0. The zero-order valence-electron chi connectivity index (χ0n) is 17.2. The van der Waals surface area contributed by atoms with Crippen molar-refractivity contribution in [1.82, 2.24) is 0 Å². The first-order valence-corrected chi connectivity index (χ1v) is 10.5. The van der Waals surface area contributed by atoms with Crippen LogP contribution in [0.4, 0.5) is 0 Å². The van der Waals surface area contributed by atoms with E-state index in [1.54, 1.807) is 0 Å². The Morgan fingerprint density at radius 2 is 1.40 bits per heavy atom. The lowest BCUT2D eigenvalue weighted by molar-refractivity contribution is -0.0657. The topological polar surface area (TPSA) is 35.2 Å². The zero-order chi connectivity index (χ0) is 18.5. The number of benzene rings is 1. The second-order valence-corrected chi connectivity index (χ2v) is 7.92. The Bertz CT molecular complexity index is 453. The third kappa shape index (κ3) is 9.42. The number of hydrogen-bond acceptors (Lipinski definition) is 2. The maximum Gasteiger partial charge on any atom is 0.103 e. The molecule has 2 heteroatoms. The van der Waals surface area contributed by atoms with Crippen molar-refractivity contribution >= 4 is 0 Å². The fraction of sp³-hybridized carbons (Fsp3) is 0.739. The fourth-order valence-electron chi connectivity index (χ4n) is 3.66. The monoisotopic (exact) mass is 347 g/mol. The van der Waals surface area contributed by atoms with E-state index >= 15 is 0 Å². The quantitative estimate of drug-likeness (QED) is 0.300. The van der Waals surface area contributed by atoms with Gasteiger partial charge in [-0.25, -0.2) is 0 Å². The Kier molecular flexibility index (Phi) is 11.1. The van der Waals surface area contributed by atoms with Gasteiger partial charge in [-0.15, -0.1) is 0 Å². The summed E-state index contributed by atoms with van der Waals surface area (Å²) in [5.41, 5.74) is 8.21. The van der Waals surface area contributed by atoms with Crippen LogP contribution in [0.25, 0.3) is 0 Å². The Labute approximate surface area is 156 Å². The molecule has 0 aliphatic heterocycles. The van der Waals surface area contributed by atoms with Crippen LogP contribution in [-0.2, 0) is 16.8 Å². The number of hydrogen-bond donors (Lipinski definition) is 1. The summed E-state index contributed by atoms with van der Waals surface area (Å²) in [6.45, 7) is 8.41. The number of rotatable bonds is 14. The molecule has 1 rings (SSSR count). The normalized spacial score (nSPS) is 13.2. The minimum absolute atomic E-state index is 0.250. The number of nitrogens with two attached hydrogens (primary N) is 1. The fourth-order valence-corrected chi connectivity index (χ4v) is 3.66. The van der Waals surface area contributed by atoms with Crippen molar-refractivity contribution in [3.63, 3.8) is 0 Å². The SMILES string of the molecule is CCCCCCCCCCCCc1ccccc1C(C)(C)OC(C)N. The third-order valence-electron chi connectivity index (χ3n) is 4.95. The second kappa shape index (κ2) is 12.5. The van der Waals surface area contributed by atoms with Crippen LogP contribution in [0.2, 0.25) is 0 Å². The van der Waals surface area contributed by atoms with Crippen LogP contribution in [0, 0.1) is 0 Å². The van der Waals surface area contributed by atoms with Gasteiger partial charge in [0.1, 0.15) is 6.23 Å². The van der Waals surface area contributed by atoms with Crippen molar-refractivity contribution in [1.29, 1.82) is 0 Å². The summed E-state index contributed by atoms with van der Waals surface area (Å²) in [5.74, 6) is 0. The van der Waals surface area contributed by atoms with Gasteiger partial charge in [-0.3, -0.25) is 0 Å². The van der Waals surface area contributed by atoms with E-state index in [9.17, 15) is 0 Å². The van der Waals surface area contributed by atoms with Crippen molar-refractivity contribution < 1.29 is 4.74 Å². The molecule has 1 atom stereocenters. The standard InChI is InChI=1S/C23H41NO/c1-5-6-7-8-9-10-11-12-13-14-17-21-18-15-16-19-22(21)23(3,4)25-20(2)24/h15-16,18-20H,5-14,17,24H2,1-4H3. The molecule has 25 heavy (non-hydrogen) atoms. The van der Waals surface area contributed by atoms with Gasteiger partial charge in [-0.1, -0.05) is 89.0 Å². The van der Waals surface area contributed by atoms with Gasteiger partial charge in [0.05, 0.1) is 5.60 Å². The van der Waals surface area contributed by atoms with Crippen molar-refractivity contribution in [2.24, 2.45) is 5.73 Å². The molecule has 1 unspecified atom stereocenters. The average molecular weight is 348 g/mol. The average Bonchev–Trinajstić information content (AvgIpc) is 2.56. The van der Waals surface area contributed by atoms with Crippen molar-refractivity contribution in [3.05, 3.63) is 35.4 Å². The van der Waals surface area contributed by atoms with E-state index in [0.717, 1.165) is 6.42 Å². The van der Waals surface area contributed by atoms with Crippen LogP contribution in [0.3, 0.4) is 0 Å². The van der Waals surface area contributed by atoms with Crippen LogP contribution in [0.1, 0.15) is 103 Å². The summed E-state index contributed by atoms with van der Waals surface area (Å²) in [6, 6.07) is 8.67. The van der Waals surface area contributed by atoms with Crippen molar-refractivity contribution in [3.8, 4) is 0 Å². The highest BCUT2D eigenvalue weighted by molar-refractivity contribution is 5.31. The van der Waals surface area contributed by atoms with Crippen LogP contribution >= 0.6 is 0 Å². The molecule has 0 aromatic heterocycles. The van der Waals surface area contributed by atoms with Gasteiger partial charge in [0, 0.05) is 0 Å². The molecule has 2 nitrogen and oxygen atoms in total. The predicted molar refractivity (Wildman–Crippen MR) is 110 cm³/mol. The molecular formula is C23H41NO. The summed E-state index contributed by atoms with van der Waals surface area (Å²) in [7, 11) is 0. The number of aryl methyl sites for hydroxylation is 1. The van der Waals surface area contributed by atoms with Crippen LogP contribution in [0.5, 0.6) is 0 Å². The van der Waals surface area contributed by atoms with Gasteiger partial charge in [-0.2, -0.15) is 0 Å². The lowest BCUT2D eigenvalue weighted by Gasteiger charge is -2.30. The van der Waals surface area contributed by atoms with E-state index < -0.39 is 0 Å². The lowest BCUT2D eigenvalue weighted by Crippen LogP contribution is -2.32. The molecule has 1 aromatic carbocycles. The minimum Gasteiger partial charge on any atom is -0.353 e. The van der Waals surface area contributed by atoms with Gasteiger partial charge >= 0.3 is 0 Å². The molecule has 0 aliphatic carbocycles. The van der Waals surface area contributed by atoms with Crippen LogP contribution < -0.4 is 5.73 Å². The molecule has 144 valence electrons. The Hall–Kier alpha value is -0.860. The van der Waals surface area contributed by atoms with E-state index in [1.807, 2.05) is 6.92 Å². The molecule has 0 spiro atoms. The van der Waals surface area contributed by atoms with E-state index in [2.05, 4.69) is 45.0 Å². The smallest absolute Gasteiger partial charge is 0.103 e. The Balaban J connectivity index is 2.29. The summed E-state index contributed by atoms with van der Waals surface area (Å²) < 4.78 is 5.94. The lowest BCUT2D eigenvalue weighted by atomic mass is 9.90. The highest BCUT2D eigenvalue weighted by Crippen LogP contribution is 2.29. The minimum atomic E-state index is -0.330.